The van der Waals surface area contributed by atoms with E-state index in [9.17, 15) is 0 Å². The Kier molecular flexibility index (Phi) is 4.46. The number of nitrogens with one attached hydrogen (secondary N) is 1. The van der Waals surface area contributed by atoms with Crippen LogP contribution >= 0.6 is 0 Å². The molecule has 3 rings (SSSR count). The third kappa shape index (κ3) is 3.09. The fourth-order valence-electron chi connectivity index (χ4n) is 3.45. The van der Waals surface area contributed by atoms with Crippen molar-refractivity contribution in [1.29, 1.82) is 0 Å². The first-order valence-corrected chi connectivity index (χ1v) is 7.93. The Hall–Kier alpha value is -1.22. The fraction of sp³-hybridized carbons (Fsp3) is 0.647. The maximum absolute atomic E-state index is 5.70. The summed E-state index contributed by atoms with van der Waals surface area (Å²) in [7, 11) is 2.06. The van der Waals surface area contributed by atoms with E-state index >= 15 is 0 Å². The first-order chi connectivity index (χ1) is 9.86. The van der Waals surface area contributed by atoms with Crippen molar-refractivity contribution in [3.63, 3.8) is 0 Å². The Bertz CT molecular complexity index is 441. The van der Waals surface area contributed by atoms with Crippen molar-refractivity contribution in [3.8, 4) is 11.5 Å². The number of benzene rings is 1. The van der Waals surface area contributed by atoms with Gasteiger partial charge < -0.3 is 14.8 Å². The minimum Gasteiger partial charge on any atom is -0.486 e. The first kappa shape index (κ1) is 13.7. The fourth-order valence-corrected chi connectivity index (χ4v) is 3.45. The molecule has 1 aromatic carbocycles. The van der Waals surface area contributed by atoms with Gasteiger partial charge in [-0.1, -0.05) is 38.2 Å². The van der Waals surface area contributed by atoms with Crippen LogP contribution in [-0.4, -0.2) is 20.3 Å². The molecular weight excluding hydrogens is 250 g/mol. The van der Waals surface area contributed by atoms with Crippen molar-refractivity contribution in [1.82, 2.24) is 5.32 Å². The van der Waals surface area contributed by atoms with Crippen LogP contribution in [0.5, 0.6) is 11.5 Å². The quantitative estimate of drug-likeness (QED) is 0.909. The molecule has 0 radical (unpaired) electrons. The van der Waals surface area contributed by atoms with Crippen LogP contribution in [0.15, 0.2) is 18.2 Å². The lowest BCUT2D eigenvalue weighted by atomic mass is 9.83. The summed E-state index contributed by atoms with van der Waals surface area (Å²) in [4.78, 5) is 0. The summed E-state index contributed by atoms with van der Waals surface area (Å²) in [5.74, 6) is 2.65. The largest absolute Gasteiger partial charge is 0.486 e. The van der Waals surface area contributed by atoms with Crippen LogP contribution in [0.25, 0.3) is 0 Å². The highest BCUT2D eigenvalue weighted by Crippen LogP contribution is 2.36. The molecule has 3 heteroatoms. The third-order valence-corrected chi connectivity index (χ3v) is 4.61. The molecule has 1 atom stereocenters. The number of rotatable bonds is 4. The number of ether oxygens (including phenoxy) is 2. The Morgan fingerprint density at radius 3 is 2.60 bits per heavy atom. The zero-order chi connectivity index (χ0) is 13.8. The van der Waals surface area contributed by atoms with E-state index in [4.69, 9.17) is 9.47 Å². The second-order valence-electron chi connectivity index (χ2n) is 5.98. The summed E-state index contributed by atoms with van der Waals surface area (Å²) in [5.41, 5.74) is 1.32. The Labute approximate surface area is 121 Å². The summed E-state index contributed by atoms with van der Waals surface area (Å²) in [6.07, 6.45) is 8.25. The lowest BCUT2D eigenvalue weighted by molar-refractivity contribution is 0.171. The molecule has 0 saturated heterocycles. The highest BCUT2D eigenvalue weighted by Gasteiger charge is 2.21. The highest BCUT2D eigenvalue weighted by atomic mass is 16.6. The molecular formula is C17H25NO2. The van der Waals surface area contributed by atoms with Crippen molar-refractivity contribution < 1.29 is 9.47 Å². The second-order valence-corrected chi connectivity index (χ2v) is 5.98. The number of hydrogen-bond donors (Lipinski definition) is 1. The van der Waals surface area contributed by atoms with Crippen LogP contribution in [0.4, 0.5) is 0 Å². The zero-order valence-corrected chi connectivity index (χ0v) is 12.4. The van der Waals surface area contributed by atoms with Gasteiger partial charge >= 0.3 is 0 Å². The smallest absolute Gasteiger partial charge is 0.161 e. The van der Waals surface area contributed by atoms with E-state index in [1.807, 2.05) is 0 Å². The van der Waals surface area contributed by atoms with E-state index < -0.39 is 0 Å². The topological polar surface area (TPSA) is 30.5 Å². The minimum atomic E-state index is 0.425. The molecule has 1 N–H and O–H groups in total. The van der Waals surface area contributed by atoms with Crippen molar-refractivity contribution in [2.75, 3.05) is 20.3 Å². The summed E-state index contributed by atoms with van der Waals surface area (Å²) in [6.45, 7) is 1.31. The third-order valence-electron chi connectivity index (χ3n) is 4.61. The predicted octanol–water partition coefficient (Wildman–Crippen LogP) is 3.69. The van der Waals surface area contributed by atoms with Crippen LogP contribution < -0.4 is 14.8 Å². The predicted molar refractivity (Wildman–Crippen MR) is 80.4 cm³/mol. The van der Waals surface area contributed by atoms with Gasteiger partial charge in [-0.25, -0.2) is 0 Å². The summed E-state index contributed by atoms with van der Waals surface area (Å²) in [6, 6.07) is 6.80. The van der Waals surface area contributed by atoms with Crippen molar-refractivity contribution in [3.05, 3.63) is 23.8 Å². The van der Waals surface area contributed by atoms with Gasteiger partial charge in [0.25, 0.3) is 0 Å². The van der Waals surface area contributed by atoms with E-state index in [-0.39, 0.29) is 0 Å². The summed E-state index contributed by atoms with van der Waals surface area (Å²) in [5, 5.41) is 3.48. The Morgan fingerprint density at radius 2 is 1.85 bits per heavy atom. The van der Waals surface area contributed by atoms with E-state index in [2.05, 4.69) is 30.6 Å². The molecule has 1 unspecified atom stereocenters. The zero-order valence-electron chi connectivity index (χ0n) is 12.4. The lowest BCUT2D eigenvalue weighted by Gasteiger charge is -2.27. The highest BCUT2D eigenvalue weighted by molar-refractivity contribution is 5.44. The molecule has 1 aromatic rings. The van der Waals surface area contributed by atoms with Gasteiger partial charge in [-0.2, -0.15) is 0 Å². The van der Waals surface area contributed by atoms with Crippen LogP contribution in [0.2, 0.25) is 0 Å². The van der Waals surface area contributed by atoms with Gasteiger partial charge in [0.05, 0.1) is 0 Å². The van der Waals surface area contributed by atoms with Crippen LogP contribution in [0, 0.1) is 5.92 Å². The van der Waals surface area contributed by atoms with Crippen LogP contribution in [-0.2, 0) is 0 Å². The normalized spacial score (nSPS) is 20.6. The number of hydrogen-bond acceptors (Lipinski definition) is 3. The molecule has 0 aromatic heterocycles. The van der Waals surface area contributed by atoms with E-state index in [1.54, 1.807) is 0 Å². The average Bonchev–Trinajstić information content (AvgIpc) is 2.53. The van der Waals surface area contributed by atoms with Gasteiger partial charge in [0, 0.05) is 6.04 Å². The van der Waals surface area contributed by atoms with Gasteiger partial charge in [0.1, 0.15) is 13.2 Å². The Balaban J connectivity index is 1.71. The van der Waals surface area contributed by atoms with Gasteiger partial charge in [-0.15, -0.1) is 0 Å². The lowest BCUT2D eigenvalue weighted by Crippen LogP contribution is -2.22. The molecule has 110 valence electrons. The van der Waals surface area contributed by atoms with E-state index in [1.165, 1.54) is 44.1 Å². The SMILES string of the molecule is CNC(CC1CCCCC1)c1ccc2c(c1)OCCO2. The van der Waals surface area contributed by atoms with Gasteiger partial charge in [-0.3, -0.25) is 0 Å². The molecule has 1 saturated carbocycles. The van der Waals surface area contributed by atoms with Crippen molar-refractivity contribution in [2.45, 2.75) is 44.6 Å². The standard InChI is InChI=1S/C17H25NO2/c1-18-15(11-13-5-3-2-4-6-13)14-7-8-16-17(12-14)20-10-9-19-16/h7-8,12-13,15,18H,2-6,9-11H2,1H3. The van der Waals surface area contributed by atoms with E-state index in [0.717, 1.165) is 17.4 Å². The Morgan fingerprint density at radius 1 is 1.10 bits per heavy atom. The molecule has 2 aliphatic rings. The van der Waals surface area contributed by atoms with Gasteiger partial charge in [0.15, 0.2) is 11.5 Å². The van der Waals surface area contributed by atoms with Crippen molar-refractivity contribution >= 4 is 0 Å². The summed E-state index contributed by atoms with van der Waals surface area (Å²) >= 11 is 0. The number of fused-ring (bicyclic) bond motifs is 1. The van der Waals surface area contributed by atoms with Crippen LogP contribution in [0.3, 0.4) is 0 Å². The summed E-state index contributed by atoms with van der Waals surface area (Å²) < 4.78 is 11.3. The molecule has 0 bridgehead atoms. The average molecular weight is 275 g/mol. The maximum Gasteiger partial charge on any atom is 0.161 e. The molecule has 1 fully saturated rings. The maximum atomic E-state index is 5.70. The van der Waals surface area contributed by atoms with Crippen molar-refractivity contribution in [2.24, 2.45) is 5.92 Å². The molecule has 1 aliphatic carbocycles. The molecule has 0 spiro atoms. The minimum absolute atomic E-state index is 0.425. The van der Waals surface area contributed by atoms with Gasteiger partial charge in [0.2, 0.25) is 0 Å². The van der Waals surface area contributed by atoms with Gasteiger partial charge in [-0.05, 0) is 37.1 Å². The molecule has 0 amide bonds. The van der Waals surface area contributed by atoms with Crippen LogP contribution in [0.1, 0.15) is 50.1 Å². The molecule has 20 heavy (non-hydrogen) atoms. The first-order valence-electron chi connectivity index (χ1n) is 7.93. The molecule has 1 aliphatic heterocycles. The molecule has 1 heterocycles. The molecule has 3 nitrogen and oxygen atoms in total. The van der Waals surface area contributed by atoms with E-state index in [0.29, 0.717) is 19.3 Å². The monoisotopic (exact) mass is 275 g/mol. The second kappa shape index (κ2) is 6.49.